The summed E-state index contributed by atoms with van der Waals surface area (Å²) in [5, 5.41) is 2.07. The van der Waals surface area contributed by atoms with E-state index in [4.69, 9.17) is 10.6 Å². The number of benzene rings is 1. The first kappa shape index (κ1) is 15.0. The van der Waals surface area contributed by atoms with Crippen molar-refractivity contribution in [3.05, 3.63) is 52.0 Å². The first-order chi connectivity index (χ1) is 9.74. The van der Waals surface area contributed by atoms with Gasteiger partial charge in [-0.1, -0.05) is 6.07 Å². The molecular weight excluding hydrogens is 275 g/mol. The third kappa shape index (κ3) is 3.79. The quantitative estimate of drug-likeness (QED) is 0.607. The van der Waals surface area contributed by atoms with Gasteiger partial charge in [0, 0.05) is 16.5 Å². The van der Waals surface area contributed by atoms with Gasteiger partial charge in [-0.15, -0.1) is 11.3 Å². The Balaban J connectivity index is 2.02. The van der Waals surface area contributed by atoms with E-state index in [2.05, 4.69) is 16.9 Å². The van der Waals surface area contributed by atoms with Gasteiger partial charge in [-0.3, -0.25) is 11.3 Å². The lowest BCUT2D eigenvalue weighted by molar-refractivity contribution is 0.392. The summed E-state index contributed by atoms with van der Waals surface area (Å²) in [7, 11) is 1.58. The maximum Gasteiger partial charge on any atom is 0.123 e. The van der Waals surface area contributed by atoms with E-state index in [0.29, 0.717) is 5.75 Å². The van der Waals surface area contributed by atoms with Crippen LogP contribution >= 0.6 is 11.3 Å². The summed E-state index contributed by atoms with van der Waals surface area (Å²) in [6, 6.07) is 8.57. The molecule has 1 unspecified atom stereocenters. The van der Waals surface area contributed by atoms with E-state index >= 15 is 0 Å². The number of hydrazine groups is 1. The van der Waals surface area contributed by atoms with Crippen LogP contribution in [0.5, 0.6) is 5.75 Å². The maximum absolute atomic E-state index is 13.4. The van der Waals surface area contributed by atoms with Crippen molar-refractivity contribution in [1.82, 2.24) is 5.43 Å². The second-order valence-electron chi connectivity index (χ2n) is 4.58. The average molecular weight is 294 g/mol. The van der Waals surface area contributed by atoms with E-state index in [0.717, 1.165) is 24.8 Å². The summed E-state index contributed by atoms with van der Waals surface area (Å²) >= 11 is 1.75. The Morgan fingerprint density at radius 2 is 2.25 bits per heavy atom. The maximum atomic E-state index is 13.4. The van der Waals surface area contributed by atoms with Crippen LogP contribution in [0.25, 0.3) is 0 Å². The molecule has 0 saturated heterocycles. The lowest BCUT2D eigenvalue weighted by Crippen LogP contribution is -2.28. The minimum absolute atomic E-state index is 0.111. The molecule has 1 aromatic heterocycles. The number of nitrogens with one attached hydrogen (secondary N) is 1. The van der Waals surface area contributed by atoms with Gasteiger partial charge in [0.1, 0.15) is 11.6 Å². The van der Waals surface area contributed by atoms with Gasteiger partial charge in [0.15, 0.2) is 0 Å². The molecule has 0 aliphatic rings. The molecule has 1 heterocycles. The van der Waals surface area contributed by atoms with Crippen LogP contribution in [0.15, 0.2) is 35.7 Å². The molecule has 3 N–H and O–H groups in total. The van der Waals surface area contributed by atoms with Gasteiger partial charge in [0.25, 0.3) is 0 Å². The van der Waals surface area contributed by atoms with Gasteiger partial charge < -0.3 is 4.74 Å². The highest BCUT2D eigenvalue weighted by Crippen LogP contribution is 2.29. The van der Waals surface area contributed by atoms with Gasteiger partial charge in [0.05, 0.1) is 7.11 Å². The molecule has 0 bridgehead atoms. The SMILES string of the molecule is COc1ccc(F)cc1C(CCCc1cccs1)NN. The van der Waals surface area contributed by atoms with Gasteiger partial charge in [-0.25, -0.2) is 4.39 Å². The molecule has 0 amide bonds. The number of halogens is 1. The number of rotatable bonds is 7. The fourth-order valence-corrected chi connectivity index (χ4v) is 2.99. The number of hydrogen-bond acceptors (Lipinski definition) is 4. The number of ether oxygens (including phenoxy) is 1. The molecule has 2 rings (SSSR count). The topological polar surface area (TPSA) is 47.3 Å². The summed E-state index contributed by atoms with van der Waals surface area (Å²) in [6.07, 6.45) is 2.82. The lowest BCUT2D eigenvalue weighted by atomic mass is 10.00. The number of hydrogen-bond donors (Lipinski definition) is 2. The number of thiophene rings is 1. The molecule has 0 radical (unpaired) electrons. The molecule has 2 aromatic rings. The zero-order chi connectivity index (χ0) is 14.4. The molecule has 1 aromatic carbocycles. The second-order valence-corrected chi connectivity index (χ2v) is 5.61. The third-order valence-corrected chi connectivity index (χ3v) is 4.20. The summed E-state index contributed by atoms with van der Waals surface area (Å²) < 4.78 is 18.7. The molecule has 0 aliphatic heterocycles. The molecule has 3 nitrogen and oxygen atoms in total. The molecule has 0 saturated carbocycles. The van der Waals surface area contributed by atoms with Crippen molar-refractivity contribution in [3.63, 3.8) is 0 Å². The average Bonchev–Trinajstić information content (AvgIpc) is 2.97. The van der Waals surface area contributed by atoms with Crippen molar-refractivity contribution in [3.8, 4) is 5.75 Å². The normalized spacial score (nSPS) is 12.3. The minimum atomic E-state index is -0.278. The monoisotopic (exact) mass is 294 g/mol. The Bertz CT molecular complexity index is 531. The molecule has 0 spiro atoms. The summed E-state index contributed by atoms with van der Waals surface area (Å²) in [4.78, 5) is 1.35. The molecular formula is C15H19FN2OS. The minimum Gasteiger partial charge on any atom is -0.496 e. The van der Waals surface area contributed by atoms with Crippen molar-refractivity contribution in [2.24, 2.45) is 5.84 Å². The summed E-state index contributed by atoms with van der Waals surface area (Å²) in [5.74, 6) is 5.99. The first-order valence-corrected chi connectivity index (χ1v) is 7.44. The highest BCUT2D eigenvalue weighted by atomic mass is 32.1. The number of methoxy groups -OCH3 is 1. The molecule has 108 valence electrons. The van der Waals surface area contributed by atoms with Crippen molar-refractivity contribution in [2.45, 2.75) is 25.3 Å². The fraction of sp³-hybridized carbons (Fsp3) is 0.333. The van der Waals surface area contributed by atoms with Crippen molar-refractivity contribution < 1.29 is 9.13 Å². The Morgan fingerprint density at radius 3 is 2.90 bits per heavy atom. The van der Waals surface area contributed by atoms with Crippen molar-refractivity contribution >= 4 is 11.3 Å². The lowest BCUT2D eigenvalue weighted by Gasteiger charge is -2.19. The van der Waals surface area contributed by atoms with Gasteiger partial charge in [0.2, 0.25) is 0 Å². The predicted molar refractivity (Wildman–Crippen MR) is 80.3 cm³/mol. The molecule has 5 heteroatoms. The highest BCUT2D eigenvalue weighted by Gasteiger charge is 2.15. The van der Waals surface area contributed by atoms with Crippen LogP contribution in [0, 0.1) is 5.82 Å². The first-order valence-electron chi connectivity index (χ1n) is 6.56. The molecule has 0 aliphatic carbocycles. The van der Waals surface area contributed by atoms with Gasteiger partial charge in [-0.2, -0.15) is 0 Å². The Morgan fingerprint density at radius 1 is 1.40 bits per heavy atom. The standard InChI is InChI=1S/C15H19FN2OS/c1-19-15-8-7-11(16)10-13(15)14(18-17)6-2-4-12-5-3-9-20-12/h3,5,7-10,14,18H,2,4,6,17H2,1H3. The third-order valence-electron chi connectivity index (χ3n) is 3.26. The Hall–Kier alpha value is -1.43. The van der Waals surface area contributed by atoms with E-state index in [-0.39, 0.29) is 11.9 Å². The Kier molecular flexibility index (Phi) is 5.52. The molecule has 0 fully saturated rings. The second kappa shape index (κ2) is 7.38. The zero-order valence-corrected chi connectivity index (χ0v) is 12.3. The Labute approximate surface area is 122 Å². The van der Waals surface area contributed by atoms with E-state index < -0.39 is 0 Å². The molecule has 1 atom stereocenters. The van der Waals surface area contributed by atoms with Crippen LogP contribution in [0.2, 0.25) is 0 Å². The number of nitrogens with two attached hydrogens (primary N) is 1. The van der Waals surface area contributed by atoms with Gasteiger partial charge >= 0.3 is 0 Å². The van der Waals surface area contributed by atoms with Crippen LogP contribution in [-0.2, 0) is 6.42 Å². The van der Waals surface area contributed by atoms with E-state index in [1.165, 1.54) is 17.0 Å². The van der Waals surface area contributed by atoms with Gasteiger partial charge in [-0.05, 0) is 48.9 Å². The van der Waals surface area contributed by atoms with Crippen LogP contribution < -0.4 is 16.0 Å². The van der Waals surface area contributed by atoms with Crippen LogP contribution in [0.3, 0.4) is 0 Å². The van der Waals surface area contributed by atoms with Crippen LogP contribution in [-0.4, -0.2) is 7.11 Å². The smallest absolute Gasteiger partial charge is 0.123 e. The highest BCUT2D eigenvalue weighted by molar-refractivity contribution is 7.09. The van der Waals surface area contributed by atoms with E-state index in [9.17, 15) is 4.39 Å². The predicted octanol–water partition coefficient (Wildman–Crippen LogP) is 3.42. The fourth-order valence-electron chi connectivity index (χ4n) is 2.24. The van der Waals surface area contributed by atoms with E-state index in [1.807, 2.05) is 6.07 Å². The van der Waals surface area contributed by atoms with Crippen molar-refractivity contribution in [2.75, 3.05) is 7.11 Å². The zero-order valence-electron chi connectivity index (χ0n) is 11.4. The molecule has 20 heavy (non-hydrogen) atoms. The summed E-state index contributed by atoms with van der Waals surface area (Å²) in [5.41, 5.74) is 3.52. The number of aryl methyl sites for hydroxylation is 1. The van der Waals surface area contributed by atoms with E-state index in [1.54, 1.807) is 24.5 Å². The van der Waals surface area contributed by atoms with Crippen LogP contribution in [0.1, 0.15) is 29.3 Å². The van der Waals surface area contributed by atoms with Crippen molar-refractivity contribution in [1.29, 1.82) is 0 Å². The summed E-state index contributed by atoms with van der Waals surface area (Å²) in [6.45, 7) is 0. The largest absolute Gasteiger partial charge is 0.496 e. The van der Waals surface area contributed by atoms with Crippen LogP contribution in [0.4, 0.5) is 4.39 Å².